The molecule has 0 atom stereocenters. The van der Waals surface area contributed by atoms with E-state index < -0.39 is 10.5 Å². The van der Waals surface area contributed by atoms with Crippen LogP contribution in [0.25, 0.3) is 0 Å². The van der Waals surface area contributed by atoms with E-state index in [9.17, 15) is 14.9 Å². The van der Waals surface area contributed by atoms with E-state index in [4.69, 9.17) is 0 Å². The minimum absolute atomic E-state index is 0.0833. The van der Waals surface area contributed by atoms with Gasteiger partial charge in [-0.15, -0.1) is 0 Å². The molecule has 110 valence electrons. The molecule has 0 fully saturated rings. The molecule has 6 nitrogen and oxygen atoms in total. The SMILES string of the molecule is CCCNc1c(C(=O)NC(C)(C)C)cccc1[N+](=O)[O-]. The first kappa shape index (κ1) is 15.9. The van der Waals surface area contributed by atoms with Crippen LogP contribution in [0.4, 0.5) is 11.4 Å². The summed E-state index contributed by atoms with van der Waals surface area (Å²) in [5.74, 6) is -0.320. The Labute approximate surface area is 118 Å². The van der Waals surface area contributed by atoms with E-state index in [0.29, 0.717) is 12.1 Å². The van der Waals surface area contributed by atoms with Gasteiger partial charge in [0.1, 0.15) is 5.69 Å². The molecule has 0 aliphatic heterocycles. The van der Waals surface area contributed by atoms with Crippen LogP contribution in [-0.4, -0.2) is 22.9 Å². The Hall–Kier alpha value is -2.11. The molecule has 0 saturated carbocycles. The van der Waals surface area contributed by atoms with E-state index in [-0.39, 0.29) is 17.3 Å². The van der Waals surface area contributed by atoms with Crippen LogP contribution in [0.2, 0.25) is 0 Å². The third-order valence-corrected chi connectivity index (χ3v) is 2.52. The van der Waals surface area contributed by atoms with Crippen molar-refractivity contribution < 1.29 is 9.72 Å². The zero-order chi connectivity index (χ0) is 15.3. The van der Waals surface area contributed by atoms with Crippen molar-refractivity contribution in [2.24, 2.45) is 0 Å². The second kappa shape index (κ2) is 6.36. The fourth-order valence-electron chi connectivity index (χ4n) is 1.73. The number of para-hydroxylation sites is 1. The summed E-state index contributed by atoms with van der Waals surface area (Å²) in [6.45, 7) is 8.11. The molecule has 0 unspecified atom stereocenters. The molecule has 0 aliphatic rings. The van der Waals surface area contributed by atoms with Crippen LogP contribution >= 0.6 is 0 Å². The lowest BCUT2D eigenvalue weighted by Crippen LogP contribution is -2.40. The molecule has 0 radical (unpaired) electrons. The highest BCUT2D eigenvalue weighted by atomic mass is 16.6. The number of nitro groups is 1. The Bertz CT molecular complexity index is 507. The number of rotatable bonds is 5. The third-order valence-electron chi connectivity index (χ3n) is 2.52. The topological polar surface area (TPSA) is 84.3 Å². The largest absolute Gasteiger partial charge is 0.379 e. The average Bonchev–Trinajstić information content (AvgIpc) is 2.33. The highest BCUT2D eigenvalue weighted by Crippen LogP contribution is 2.28. The first-order valence-corrected chi connectivity index (χ1v) is 6.60. The standard InChI is InChI=1S/C14H21N3O3/c1-5-9-15-12-10(13(18)16-14(2,3)4)7-6-8-11(12)17(19)20/h6-8,15H,5,9H2,1-4H3,(H,16,18). The summed E-state index contributed by atoms with van der Waals surface area (Å²) in [6, 6.07) is 4.50. The quantitative estimate of drug-likeness (QED) is 0.641. The number of anilines is 1. The zero-order valence-electron chi connectivity index (χ0n) is 12.3. The zero-order valence-corrected chi connectivity index (χ0v) is 12.3. The van der Waals surface area contributed by atoms with Gasteiger partial charge in [0.05, 0.1) is 10.5 Å². The summed E-state index contributed by atoms with van der Waals surface area (Å²) in [4.78, 5) is 22.8. The van der Waals surface area contributed by atoms with Crippen LogP contribution in [0.1, 0.15) is 44.5 Å². The van der Waals surface area contributed by atoms with E-state index in [1.807, 2.05) is 27.7 Å². The van der Waals surface area contributed by atoms with E-state index in [2.05, 4.69) is 10.6 Å². The maximum absolute atomic E-state index is 12.2. The van der Waals surface area contributed by atoms with Crippen molar-refractivity contribution in [1.82, 2.24) is 5.32 Å². The number of hydrogen-bond acceptors (Lipinski definition) is 4. The van der Waals surface area contributed by atoms with Crippen molar-refractivity contribution >= 4 is 17.3 Å². The number of nitrogens with zero attached hydrogens (tertiary/aromatic N) is 1. The van der Waals surface area contributed by atoms with Crippen LogP contribution in [-0.2, 0) is 0 Å². The van der Waals surface area contributed by atoms with Gasteiger partial charge in [-0.1, -0.05) is 13.0 Å². The van der Waals surface area contributed by atoms with Gasteiger partial charge in [0.25, 0.3) is 11.6 Å². The molecule has 1 aromatic carbocycles. The number of hydrogen-bond donors (Lipinski definition) is 2. The number of benzene rings is 1. The fraction of sp³-hybridized carbons (Fsp3) is 0.500. The highest BCUT2D eigenvalue weighted by Gasteiger charge is 2.23. The number of nitro benzene ring substituents is 1. The summed E-state index contributed by atoms with van der Waals surface area (Å²) >= 11 is 0. The van der Waals surface area contributed by atoms with Crippen LogP contribution in [0.15, 0.2) is 18.2 Å². The van der Waals surface area contributed by atoms with Crippen molar-refractivity contribution in [2.45, 2.75) is 39.7 Å². The number of amides is 1. The molecule has 2 N–H and O–H groups in total. The lowest BCUT2D eigenvalue weighted by Gasteiger charge is -2.21. The summed E-state index contributed by atoms with van der Waals surface area (Å²) in [5.41, 5.74) is 0.0904. The second-order valence-corrected chi connectivity index (χ2v) is 5.59. The maximum Gasteiger partial charge on any atom is 0.293 e. The van der Waals surface area contributed by atoms with Gasteiger partial charge in [0.15, 0.2) is 0 Å². The molecule has 0 spiro atoms. The van der Waals surface area contributed by atoms with Crippen molar-refractivity contribution in [3.8, 4) is 0 Å². The molecule has 1 rings (SSSR count). The monoisotopic (exact) mass is 279 g/mol. The average molecular weight is 279 g/mol. The van der Waals surface area contributed by atoms with Crippen LogP contribution in [0.3, 0.4) is 0 Å². The Morgan fingerprint density at radius 2 is 2.00 bits per heavy atom. The second-order valence-electron chi connectivity index (χ2n) is 5.59. The van der Waals surface area contributed by atoms with Gasteiger partial charge in [0.2, 0.25) is 0 Å². The molecule has 20 heavy (non-hydrogen) atoms. The van der Waals surface area contributed by atoms with Gasteiger partial charge in [-0.2, -0.15) is 0 Å². The van der Waals surface area contributed by atoms with Gasteiger partial charge in [-0.05, 0) is 33.3 Å². The molecular formula is C14H21N3O3. The molecular weight excluding hydrogens is 258 g/mol. The van der Waals surface area contributed by atoms with Crippen LogP contribution in [0.5, 0.6) is 0 Å². The van der Waals surface area contributed by atoms with Gasteiger partial charge in [-0.25, -0.2) is 0 Å². The van der Waals surface area contributed by atoms with Crippen molar-refractivity contribution in [1.29, 1.82) is 0 Å². The molecule has 1 amide bonds. The lowest BCUT2D eigenvalue weighted by atomic mass is 10.1. The molecule has 1 aromatic rings. The first-order chi connectivity index (χ1) is 9.26. The van der Waals surface area contributed by atoms with Crippen molar-refractivity contribution in [2.75, 3.05) is 11.9 Å². The normalized spacial score (nSPS) is 11.0. The predicted octanol–water partition coefficient (Wildman–Crippen LogP) is 2.95. The summed E-state index contributed by atoms with van der Waals surface area (Å²) < 4.78 is 0. The Morgan fingerprint density at radius 3 is 2.50 bits per heavy atom. The van der Waals surface area contributed by atoms with E-state index >= 15 is 0 Å². The van der Waals surface area contributed by atoms with Gasteiger partial charge >= 0.3 is 0 Å². The number of carbonyl (C=O) groups excluding carboxylic acids is 1. The van der Waals surface area contributed by atoms with Gasteiger partial charge in [-0.3, -0.25) is 14.9 Å². The van der Waals surface area contributed by atoms with Crippen molar-refractivity contribution in [3.05, 3.63) is 33.9 Å². The Balaban J connectivity index is 3.20. The fourth-order valence-corrected chi connectivity index (χ4v) is 1.73. The van der Waals surface area contributed by atoms with E-state index in [1.165, 1.54) is 12.1 Å². The third kappa shape index (κ3) is 4.22. The van der Waals surface area contributed by atoms with Crippen LogP contribution < -0.4 is 10.6 Å². The minimum atomic E-state index is -0.480. The van der Waals surface area contributed by atoms with E-state index in [0.717, 1.165) is 6.42 Å². The smallest absolute Gasteiger partial charge is 0.293 e. The summed E-state index contributed by atoms with van der Waals surface area (Å²) in [6.07, 6.45) is 0.812. The molecule has 6 heteroatoms. The first-order valence-electron chi connectivity index (χ1n) is 6.60. The molecule has 0 saturated heterocycles. The molecule has 0 bridgehead atoms. The van der Waals surface area contributed by atoms with Gasteiger partial charge < -0.3 is 10.6 Å². The Morgan fingerprint density at radius 1 is 1.35 bits per heavy atom. The predicted molar refractivity (Wildman–Crippen MR) is 79.1 cm³/mol. The van der Waals surface area contributed by atoms with Crippen molar-refractivity contribution in [3.63, 3.8) is 0 Å². The molecule has 0 aromatic heterocycles. The number of carbonyl (C=O) groups is 1. The summed E-state index contributed by atoms with van der Waals surface area (Å²) in [7, 11) is 0. The van der Waals surface area contributed by atoms with Crippen LogP contribution in [0, 0.1) is 10.1 Å². The lowest BCUT2D eigenvalue weighted by molar-refractivity contribution is -0.384. The molecule has 0 heterocycles. The summed E-state index contributed by atoms with van der Waals surface area (Å²) in [5, 5.41) is 16.9. The maximum atomic E-state index is 12.2. The van der Waals surface area contributed by atoms with E-state index in [1.54, 1.807) is 6.07 Å². The number of nitrogens with one attached hydrogen (secondary N) is 2. The molecule has 0 aliphatic carbocycles. The van der Waals surface area contributed by atoms with Gasteiger partial charge in [0, 0.05) is 18.2 Å². The minimum Gasteiger partial charge on any atom is -0.379 e. The Kier molecular flexibility index (Phi) is 5.07. The highest BCUT2D eigenvalue weighted by molar-refractivity contribution is 6.02.